The van der Waals surface area contributed by atoms with Crippen LogP contribution in [0.2, 0.25) is 5.02 Å². The topological polar surface area (TPSA) is 44.8 Å². The van der Waals surface area contributed by atoms with E-state index in [1.54, 1.807) is 32.4 Å². The molecule has 1 aliphatic heterocycles. The maximum Gasteiger partial charge on any atom is 0.416 e. The van der Waals surface area contributed by atoms with Gasteiger partial charge in [0.05, 0.1) is 12.7 Å². The maximum absolute atomic E-state index is 13.5. The average Bonchev–Trinajstić information content (AvgIpc) is 2.89. The molecule has 1 fully saturated rings. The van der Waals surface area contributed by atoms with Gasteiger partial charge in [-0.2, -0.15) is 13.2 Å². The van der Waals surface area contributed by atoms with Crippen molar-refractivity contribution in [3.05, 3.63) is 58.1 Å². The van der Waals surface area contributed by atoms with Crippen molar-refractivity contribution in [1.82, 2.24) is 10.2 Å². The molecule has 0 unspecified atom stereocenters. The summed E-state index contributed by atoms with van der Waals surface area (Å²) in [5.41, 5.74) is 1.68. The summed E-state index contributed by atoms with van der Waals surface area (Å²) >= 11 is 6.05. The number of methoxy groups -OCH3 is 1. The molecule has 9 heteroatoms. The van der Waals surface area contributed by atoms with Crippen LogP contribution in [0.25, 0.3) is 0 Å². The van der Waals surface area contributed by atoms with Crippen molar-refractivity contribution >= 4 is 23.2 Å². The Balaban J connectivity index is 0.00000170. The predicted octanol–water partition coefficient (Wildman–Crippen LogP) is 7.23. The minimum absolute atomic E-state index is 0.0505. The van der Waals surface area contributed by atoms with Crippen LogP contribution in [0, 0.1) is 11.8 Å². The van der Waals surface area contributed by atoms with E-state index in [4.69, 9.17) is 16.3 Å². The monoisotopic (exact) mass is 569 g/mol. The van der Waals surface area contributed by atoms with Crippen molar-refractivity contribution < 1.29 is 22.7 Å². The lowest BCUT2D eigenvalue weighted by Gasteiger charge is -2.39. The zero-order valence-electron chi connectivity index (χ0n) is 24.2. The number of rotatable bonds is 8. The fraction of sp³-hybridized carbons (Fsp3) is 0.567. The summed E-state index contributed by atoms with van der Waals surface area (Å²) in [6, 6.07) is 9.15. The number of anilines is 1. The smallest absolute Gasteiger partial charge is 0.416 e. The lowest BCUT2D eigenvalue weighted by atomic mass is 9.92. The summed E-state index contributed by atoms with van der Waals surface area (Å²) in [6.07, 6.45) is -2.63. The Kier molecular flexibility index (Phi) is 12.4. The highest BCUT2D eigenvalue weighted by Gasteiger charge is 2.34. The van der Waals surface area contributed by atoms with E-state index >= 15 is 0 Å². The number of alkyl halides is 3. The first kappa shape index (κ1) is 32.8. The number of ether oxygens (including phenoxy) is 1. The summed E-state index contributed by atoms with van der Waals surface area (Å²) in [7, 11) is 3.34. The standard InChI is InChI=1S/C27H35ClF3N3O2.C3H8/c1-17(2)25(32-4)22-15-20(27(29,30)31)7-9-23(22)33-10-12-34(13-11-33)26(35)18(3)14-19-6-8-21(28)16-24(19)36-5;1-3-2/h6-9,15-18,25,32H,10-14H2,1-5H3;3H2,1-2H3/t18-,25+;/m1./s1. The second kappa shape index (κ2) is 14.8. The second-order valence-electron chi connectivity index (χ2n) is 10.4. The molecule has 1 saturated heterocycles. The van der Waals surface area contributed by atoms with Crippen molar-refractivity contribution in [3.63, 3.8) is 0 Å². The van der Waals surface area contributed by atoms with Gasteiger partial charge in [-0.3, -0.25) is 4.79 Å². The van der Waals surface area contributed by atoms with Gasteiger partial charge < -0.3 is 19.9 Å². The van der Waals surface area contributed by atoms with Crippen LogP contribution in [0.1, 0.15) is 63.8 Å². The predicted molar refractivity (Wildman–Crippen MR) is 154 cm³/mol. The van der Waals surface area contributed by atoms with Crippen molar-refractivity contribution in [2.24, 2.45) is 11.8 Å². The third-order valence-electron chi connectivity index (χ3n) is 6.80. The Labute approximate surface area is 236 Å². The molecule has 0 aromatic heterocycles. The van der Waals surface area contributed by atoms with E-state index in [1.165, 1.54) is 12.5 Å². The van der Waals surface area contributed by atoms with E-state index < -0.39 is 11.7 Å². The lowest BCUT2D eigenvalue weighted by Crippen LogP contribution is -2.50. The number of nitrogens with zero attached hydrogens (tertiary/aromatic N) is 2. The summed E-state index contributed by atoms with van der Waals surface area (Å²) in [4.78, 5) is 17.1. The van der Waals surface area contributed by atoms with Crippen molar-refractivity contribution in [1.29, 1.82) is 0 Å². The Bertz CT molecular complexity index is 1070. The molecule has 1 aliphatic rings. The van der Waals surface area contributed by atoms with Crippen molar-refractivity contribution in [3.8, 4) is 5.75 Å². The van der Waals surface area contributed by atoms with Crippen molar-refractivity contribution in [2.75, 3.05) is 45.2 Å². The Morgan fingerprint density at radius 2 is 1.67 bits per heavy atom. The number of halogens is 4. The first-order valence-corrected chi connectivity index (χ1v) is 14.0. The highest BCUT2D eigenvalue weighted by molar-refractivity contribution is 6.30. The van der Waals surface area contributed by atoms with Gasteiger partial charge in [0.15, 0.2) is 0 Å². The number of carbonyl (C=O) groups excluding carboxylic acids is 1. The molecule has 1 heterocycles. The Morgan fingerprint density at radius 1 is 1.05 bits per heavy atom. The molecule has 218 valence electrons. The third kappa shape index (κ3) is 8.77. The normalized spacial score (nSPS) is 15.5. The first-order chi connectivity index (χ1) is 18.4. The van der Waals surface area contributed by atoms with E-state index in [0.29, 0.717) is 48.9 Å². The van der Waals surface area contributed by atoms with E-state index in [2.05, 4.69) is 24.1 Å². The van der Waals surface area contributed by atoms with Crippen LogP contribution < -0.4 is 15.0 Å². The van der Waals surface area contributed by atoms with E-state index in [0.717, 1.165) is 17.3 Å². The second-order valence-corrected chi connectivity index (χ2v) is 10.8. The Hall–Kier alpha value is -2.45. The molecule has 0 bridgehead atoms. The van der Waals surface area contributed by atoms with Gasteiger partial charge in [0.25, 0.3) is 0 Å². The summed E-state index contributed by atoms with van der Waals surface area (Å²) in [6.45, 7) is 12.2. The van der Waals surface area contributed by atoms with E-state index in [1.807, 2.05) is 31.7 Å². The van der Waals surface area contributed by atoms with Crippen LogP contribution in [-0.4, -0.2) is 51.1 Å². The number of nitrogens with one attached hydrogen (secondary N) is 1. The minimum Gasteiger partial charge on any atom is -0.496 e. The van der Waals surface area contributed by atoms with Gasteiger partial charge >= 0.3 is 6.18 Å². The SMILES string of the molecule is CCC.CN[C@H](c1cc(C(F)(F)F)ccc1N1CCN(C(=O)[C@H](C)Cc2ccc(Cl)cc2OC)CC1)C(C)C. The number of amides is 1. The number of hydrogen-bond donors (Lipinski definition) is 1. The molecule has 2 atom stereocenters. The minimum atomic E-state index is -4.41. The Morgan fingerprint density at radius 3 is 2.18 bits per heavy atom. The van der Waals surface area contributed by atoms with Crippen LogP contribution in [0.4, 0.5) is 18.9 Å². The van der Waals surface area contributed by atoms with Crippen LogP contribution >= 0.6 is 11.6 Å². The van der Waals surface area contributed by atoms with Gasteiger partial charge in [0.2, 0.25) is 5.91 Å². The molecular weight excluding hydrogens is 527 g/mol. The largest absolute Gasteiger partial charge is 0.496 e. The summed E-state index contributed by atoms with van der Waals surface area (Å²) in [5.74, 6) is 0.564. The zero-order chi connectivity index (χ0) is 29.3. The van der Waals surface area contributed by atoms with Crippen LogP contribution in [0.15, 0.2) is 36.4 Å². The zero-order valence-corrected chi connectivity index (χ0v) is 24.9. The summed E-state index contributed by atoms with van der Waals surface area (Å²) < 4.78 is 45.8. The average molecular weight is 570 g/mol. The van der Waals surface area contributed by atoms with Crippen LogP contribution in [0.5, 0.6) is 5.75 Å². The molecule has 0 radical (unpaired) electrons. The third-order valence-corrected chi connectivity index (χ3v) is 7.03. The fourth-order valence-corrected chi connectivity index (χ4v) is 5.06. The van der Waals surface area contributed by atoms with Gasteiger partial charge in [-0.1, -0.05) is 58.7 Å². The maximum atomic E-state index is 13.5. The molecule has 1 amide bonds. The number of hydrogen-bond acceptors (Lipinski definition) is 4. The van der Waals surface area contributed by atoms with Gasteiger partial charge in [0, 0.05) is 48.8 Å². The van der Waals surface area contributed by atoms with Gasteiger partial charge in [-0.15, -0.1) is 0 Å². The molecule has 0 aliphatic carbocycles. The quantitative estimate of drug-likeness (QED) is 0.364. The molecule has 39 heavy (non-hydrogen) atoms. The molecule has 0 spiro atoms. The molecule has 2 aromatic carbocycles. The highest BCUT2D eigenvalue weighted by Crippen LogP contribution is 2.37. The van der Waals surface area contributed by atoms with Gasteiger partial charge in [-0.25, -0.2) is 0 Å². The fourth-order valence-electron chi connectivity index (χ4n) is 4.90. The van der Waals surface area contributed by atoms with Crippen LogP contribution in [0.3, 0.4) is 0 Å². The molecular formula is C30H43ClF3N3O2. The molecule has 3 rings (SSSR count). The molecule has 5 nitrogen and oxygen atoms in total. The van der Waals surface area contributed by atoms with E-state index in [9.17, 15) is 18.0 Å². The van der Waals surface area contributed by atoms with E-state index in [-0.39, 0.29) is 23.8 Å². The lowest BCUT2D eigenvalue weighted by molar-refractivity contribution is -0.137. The molecule has 1 N–H and O–H groups in total. The number of carbonyl (C=O) groups is 1. The first-order valence-electron chi connectivity index (χ1n) is 13.6. The number of piperazine rings is 1. The van der Waals surface area contributed by atoms with Gasteiger partial charge in [0.1, 0.15) is 5.75 Å². The van der Waals surface area contributed by atoms with Gasteiger partial charge in [-0.05, 0) is 60.8 Å². The molecule has 2 aromatic rings. The number of benzene rings is 2. The molecule has 0 saturated carbocycles. The van der Waals surface area contributed by atoms with Crippen LogP contribution in [-0.2, 0) is 17.4 Å². The highest BCUT2D eigenvalue weighted by atomic mass is 35.5. The van der Waals surface area contributed by atoms with Crippen molar-refractivity contribution in [2.45, 2.75) is 59.7 Å². The summed E-state index contributed by atoms with van der Waals surface area (Å²) in [5, 5.41) is 3.75.